The second-order valence-corrected chi connectivity index (χ2v) is 12.5. The molecule has 1 aliphatic heterocycles. The minimum Gasteiger partial charge on any atom is -0.320 e. The summed E-state index contributed by atoms with van der Waals surface area (Å²) < 4.78 is 58.2. The maximum absolute atomic E-state index is 13.3. The molecule has 3 N–H and O–H groups in total. The number of nitrogens with one attached hydrogen (secondary N) is 3. The first-order valence-corrected chi connectivity index (χ1v) is 15.6. The molecule has 0 radical (unpaired) electrons. The zero-order valence-corrected chi connectivity index (χ0v) is 22.3. The Morgan fingerprint density at radius 1 is 0.743 bits per heavy atom. The lowest BCUT2D eigenvalue weighted by Gasteiger charge is -2.15. The molecule has 0 bridgehead atoms. The van der Waals surface area contributed by atoms with E-state index in [0.717, 1.165) is 51.4 Å². The molecule has 0 spiro atoms. The van der Waals surface area contributed by atoms with Gasteiger partial charge >= 0.3 is 0 Å². The lowest BCUT2D eigenvalue weighted by atomic mass is 10.1. The van der Waals surface area contributed by atoms with E-state index in [-0.39, 0.29) is 34.1 Å². The molecule has 0 saturated carbocycles. The Morgan fingerprint density at radius 2 is 1.29 bits per heavy atom. The summed E-state index contributed by atoms with van der Waals surface area (Å²) in [4.78, 5) is 12.2. The molecule has 2 aromatic carbocycles. The minimum absolute atomic E-state index is 0.133. The minimum atomic E-state index is -4.05. The predicted octanol–water partition coefficient (Wildman–Crippen LogP) is 4.90. The van der Waals surface area contributed by atoms with Gasteiger partial charge in [-0.25, -0.2) is 26.3 Å². The van der Waals surface area contributed by atoms with Crippen LogP contribution in [-0.2, 0) is 20.0 Å². The van der Waals surface area contributed by atoms with Gasteiger partial charge in [0.25, 0.3) is 5.91 Å². The third-order valence-corrected chi connectivity index (χ3v) is 9.28. The molecular weight excluding hydrogens is 486 g/mol. The Balaban J connectivity index is 1.92. The molecule has 0 fully saturated rings. The maximum Gasteiger partial charge on any atom is 0.256 e. The molecular formula is C25H37N3O5S2. The van der Waals surface area contributed by atoms with Gasteiger partial charge in [-0.05, 0) is 25.0 Å². The van der Waals surface area contributed by atoms with Crippen molar-refractivity contribution >= 4 is 42.4 Å². The van der Waals surface area contributed by atoms with Gasteiger partial charge in [-0.1, -0.05) is 77.3 Å². The predicted molar refractivity (Wildman–Crippen MR) is 140 cm³/mol. The van der Waals surface area contributed by atoms with E-state index in [1.54, 1.807) is 18.2 Å². The normalized spacial score (nSPS) is 13.5. The maximum atomic E-state index is 13.3. The van der Waals surface area contributed by atoms with Crippen molar-refractivity contribution in [2.24, 2.45) is 0 Å². The lowest BCUT2D eigenvalue weighted by molar-refractivity contribution is 0.103. The number of rotatable bonds is 16. The van der Waals surface area contributed by atoms with Crippen LogP contribution < -0.4 is 14.8 Å². The van der Waals surface area contributed by atoms with Gasteiger partial charge in [-0.15, -0.1) is 0 Å². The van der Waals surface area contributed by atoms with Gasteiger partial charge in [-0.2, -0.15) is 0 Å². The van der Waals surface area contributed by atoms with E-state index in [2.05, 4.69) is 28.6 Å². The van der Waals surface area contributed by atoms with Crippen LogP contribution in [0.4, 0.5) is 5.69 Å². The molecule has 1 heterocycles. The molecule has 1 aliphatic rings. The molecule has 0 atom stereocenters. The van der Waals surface area contributed by atoms with E-state index >= 15 is 0 Å². The van der Waals surface area contributed by atoms with E-state index in [0.29, 0.717) is 23.6 Å². The third kappa shape index (κ3) is 6.61. The summed E-state index contributed by atoms with van der Waals surface area (Å²) in [5.74, 6) is -0.444. The number of anilines is 1. The van der Waals surface area contributed by atoms with Crippen molar-refractivity contribution < 1.29 is 21.6 Å². The fourth-order valence-electron chi connectivity index (χ4n) is 4.37. The molecule has 2 aromatic rings. The van der Waals surface area contributed by atoms with E-state index in [4.69, 9.17) is 0 Å². The molecule has 0 aliphatic carbocycles. The topological polar surface area (TPSA) is 121 Å². The van der Waals surface area contributed by atoms with Gasteiger partial charge in [0.05, 0.1) is 10.6 Å². The Bertz CT molecular complexity index is 1260. The zero-order valence-electron chi connectivity index (χ0n) is 20.7. The molecule has 194 valence electrons. The average Bonchev–Trinajstić information content (AvgIpc) is 3.16. The van der Waals surface area contributed by atoms with E-state index in [9.17, 15) is 21.6 Å². The number of carbonyl (C=O) groups excluding carboxylic acids is 1. The Morgan fingerprint density at radius 3 is 1.86 bits per heavy atom. The van der Waals surface area contributed by atoms with Crippen molar-refractivity contribution in [3.8, 4) is 0 Å². The van der Waals surface area contributed by atoms with Crippen molar-refractivity contribution in [1.29, 1.82) is 0 Å². The molecule has 0 aromatic heterocycles. The highest BCUT2D eigenvalue weighted by molar-refractivity contribution is 7.90. The first kappa shape index (κ1) is 27.6. The van der Waals surface area contributed by atoms with Gasteiger partial charge in [0.15, 0.2) is 0 Å². The number of benzene rings is 2. The number of hydrogen-bond acceptors (Lipinski definition) is 5. The van der Waals surface area contributed by atoms with Crippen LogP contribution in [0.25, 0.3) is 10.8 Å². The van der Waals surface area contributed by atoms with E-state index in [1.165, 1.54) is 6.07 Å². The van der Waals surface area contributed by atoms with Crippen LogP contribution >= 0.6 is 0 Å². The molecule has 10 heteroatoms. The molecule has 8 nitrogen and oxygen atoms in total. The fourth-order valence-corrected chi connectivity index (χ4v) is 7.01. The van der Waals surface area contributed by atoms with Crippen LogP contribution in [-0.4, -0.2) is 35.8 Å². The number of carbonyl (C=O) groups is 1. The van der Waals surface area contributed by atoms with Gasteiger partial charge in [0.1, 0.15) is 4.90 Å². The quantitative estimate of drug-likeness (QED) is 0.270. The van der Waals surface area contributed by atoms with Gasteiger partial charge in [0, 0.05) is 29.4 Å². The smallest absolute Gasteiger partial charge is 0.256 e. The highest BCUT2D eigenvalue weighted by Gasteiger charge is 2.33. The standard InChI is InChI=1S/C25H37N3O5S2/c1-3-5-7-9-11-16-26-34(30,31)21-18-22(35(32,33)27-17-12-10-8-6-4-2)24-23-19(21)14-13-15-20(23)25(29)28-24/h13-15,18,26-27H,3-12,16-17H2,1-2H3,(H,28,29). The SMILES string of the molecule is CCCCCCCNS(=O)(=O)c1cc(S(=O)(=O)NCCCCCCC)c2cccc3c2c1NC3=O. The Labute approximate surface area is 209 Å². The molecule has 0 saturated heterocycles. The van der Waals surface area contributed by atoms with E-state index < -0.39 is 26.0 Å². The van der Waals surface area contributed by atoms with Crippen molar-refractivity contribution in [3.63, 3.8) is 0 Å². The summed E-state index contributed by atoms with van der Waals surface area (Å²) in [6.07, 6.45) is 9.69. The molecule has 3 rings (SSSR count). The van der Waals surface area contributed by atoms with Crippen LogP contribution in [0.15, 0.2) is 34.1 Å². The molecule has 0 unspecified atom stereocenters. The van der Waals surface area contributed by atoms with Crippen molar-refractivity contribution in [2.75, 3.05) is 18.4 Å². The Hall–Kier alpha value is -2.01. The van der Waals surface area contributed by atoms with Gasteiger partial charge in [-0.3, -0.25) is 4.79 Å². The lowest BCUT2D eigenvalue weighted by Crippen LogP contribution is -2.28. The first-order chi connectivity index (χ1) is 16.7. The summed E-state index contributed by atoms with van der Waals surface area (Å²) in [6, 6.07) is 5.96. The highest BCUT2D eigenvalue weighted by Crippen LogP contribution is 2.41. The highest BCUT2D eigenvalue weighted by atomic mass is 32.2. The largest absolute Gasteiger partial charge is 0.320 e. The summed E-state index contributed by atoms with van der Waals surface area (Å²) in [7, 11) is -8.05. The number of hydrogen-bond donors (Lipinski definition) is 3. The van der Waals surface area contributed by atoms with Crippen LogP contribution in [0.1, 0.15) is 88.4 Å². The number of sulfonamides is 2. The van der Waals surface area contributed by atoms with Crippen molar-refractivity contribution in [1.82, 2.24) is 9.44 Å². The monoisotopic (exact) mass is 523 g/mol. The Kier molecular flexibility index (Phi) is 9.69. The van der Waals surface area contributed by atoms with E-state index in [1.807, 2.05) is 0 Å². The average molecular weight is 524 g/mol. The zero-order chi connectivity index (χ0) is 25.5. The summed E-state index contributed by atoms with van der Waals surface area (Å²) in [5, 5.41) is 3.29. The number of unbranched alkanes of at least 4 members (excludes halogenated alkanes) is 8. The van der Waals surface area contributed by atoms with Crippen LogP contribution in [0.5, 0.6) is 0 Å². The molecule has 1 amide bonds. The van der Waals surface area contributed by atoms with Crippen LogP contribution in [0.3, 0.4) is 0 Å². The second-order valence-electron chi connectivity index (χ2n) is 9.05. The van der Waals surface area contributed by atoms with Crippen LogP contribution in [0, 0.1) is 0 Å². The molecule has 35 heavy (non-hydrogen) atoms. The third-order valence-electron chi connectivity index (χ3n) is 6.30. The fraction of sp³-hybridized carbons (Fsp3) is 0.560. The van der Waals surface area contributed by atoms with Crippen LogP contribution in [0.2, 0.25) is 0 Å². The summed E-state index contributed by atoms with van der Waals surface area (Å²) in [6.45, 7) is 4.74. The summed E-state index contributed by atoms with van der Waals surface area (Å²) in [5.41, 5.74) is 0.405. The van der Waals surface area contributed by atoms with Gasteiger partial charge < -0.3 is 5.32 Å². The second kappa shape index (κ2) is 12.3. The van der Waals surface area contributed by atoms with Crippen molar-refractivity contribution in [2.45, 2.75) is 87.8 Å². The number of amides is 1. The summed E-state index contributed by atoms with van der Waals surface area (Å²) >= 11 is 0. The van der Waals surface area contributed by atoms with Crippen molar-refractivity contribution in [3.05, 3.63) is 29.8 Å². The first-order valence-electron chi connectivity index (χ1n) is 12.6. The van der Waals surface area contributed by atoms with Gasteiger partial charge in [0.2, 0.25) is 20.0 Å².